The molecule has 0 aliphatic rings. The minimum Gasteiger partial charge on any atom is -0.318 e. The molecule has 0 bridgehead atoms. The van der Waals surface area contributed by atoms with Gasteiger partial charge in [0.05, 0.1) is 41.6 Å². The van der Waals surface area contributed by atoms with E-state index in [4.69, 9.17) is 5.73 Å². The van der Waals surface area contributed by atoms with Gasteiger partial charge in [-0.2, -0.15) is 8.75 Å². The zero-order valence-electron chi connectivity index (χ0n) is 6.66. The van der Waals surface area contributed by atoms with Crippen LogP contribution in [0.25, 0.3) is 0 Å². The molecule has 0 aliphatic heterocycles. The topological polar surface area (TPSA) is 77.6 Å². The van der Waals surface area contributed by atoms with E-state index in [0.29, 0.717) is 5.69 Å². The Morgan fingerprint density at radius 2 is 2.15 bits per heavy atom. The summed E-state index contributed by atoms with van der Waals surface area (Å²) < 4.78 is 7.90. The molecule has 0 aliphatic carbocycles. The van der Waals surface area contributed by atoms with Gasteiger partial charge in [-0.15, -0.1) is 0 Å². The molecule has 66 valence electrons. The Kier molecular flexibility index (Phi) is 2.24. The third-order valence-corrected chi connectivity index (χ3v) is 2.09. The lowest BCUT2D eigenvalue weighted by atomic mass is 10.2. The van der Waals surface area contributed by atoms with Crippen molar-refractivity contribution in [1.29, 1.82) is 0 Å². The molecule has 6 heteroatoms. The summed E-state index contributed by atoms with van der Waals surface area (Å²) in [6.45, 7) is 0. The second kappa shape index (κ2) is 3.55. The molecule has 2 aromatic rings. The van der Waals surface area contributed by atoms with E-state index in [1.807, 2.05) is 0 Å². The number of hydrogen-bond donors (Lipinski definition) is 1. The van der Waals surface area contributed by atoms with Crippen LogP contribution in [0.2, 0.25) is 0 Å². The zero-order valence-corrected chi connectivity index (χ0v) is 7.48. The number of nitrogens with two attached hydrogens (primary N) is 1. The number of aromatic nitrogens is 4. The summed E-state index contributed by atoms with van der Waals surface area (Å²) in [5.74, 6) is 0. The van der Waals surface area contributed by atoms with E-state index >= 15 is 0 Å². The first-order valence-corrected chi connectivity index (χ1v) is 4.40. The Bertz CT molecular complexity index is 360. The van der Waals surface area contributed by atoms with E-state index in [0.717, 1.165) is 17.4 Å². The Morgan fingerprint density at radius 1 is 1.23 bits per heavy atom. The van der Waals surface area contributed by atoms with Gasteiger partial charge in [0, 0.05) is 12.4 Å². The first-order valence-electron chi connectivity index (χ1n) is 3.67. The van der Waals surface area contributed by atoms with Gasteiger partial charge < -0.3 is 5.73 Å². The fourth-order valence-corrected chi connectivity index (χ4v) is 1.39. The summed E-state index contributed by atoms with van der Waals surface area (Å²) in [5.41, 5.74) is 7.29. The third kappa shape index (κ3) is 1.68. The first-order chi connectivity index (χ1) is 6.38. The van der Waals surface area contributed by atoms with Crippen LogP contribution in [-0.2, 0) is 0 Å². The molecule has 0 amide bonds. The van der Waals surface area contributed by atoms with Gasteiger partial charge in [0.2, 0.25) is 0 Å². The minimum absolute atomic E-state index is 0.326. The van der Waals surface area contributed by atoms with E-state index in [-0.39, 0.29) is 6.04 Å². The van der Waals surface area contributed by atoms with Gasteiger partial charge in [-0.05, 0) is 0 Å². The van der Waals surface area contributed by atoms with Crippen molar-refractivity contribution in [3.8, 4) is 0 Å². The molecule has 1 atom stereocenters. The smallest absolute Gasteiger partial charge is 0.0972 e. The van der Waals surface area contributed by atoms with Crippen molar-refractivity contribution in [2.45, 2.75) is 6.04 Å². The number of nitrogens with zero attached hydrogens (tertiary/aromatic N) is 4. The maximum absolute atomic E-state index is 5.86. The maximum Gasteiger partial charge on any atom is 0.0972 e. The van der Waals surface area contributed by atoms with Gasteiger partial charge in [-0.1, -0.05) is 0 Å². The zero-order chi connectivity index (χ0) is 9.10. The van der Waals surface area contributed by atoms with Crippen molar-refractivity contribution in [1.82, 2.24) is 18.7 Å². The largest absolute Gasteiger partial charge is 0.318 e. The number of hydrogen-bond acceptors (Lipinski definition) is 6. The minimum atomic E-state index is -0.326. The van der Waals surface area contributed by atoms with Crippen molar-refractivity contribution >= 4 is 11.7 Å². The predicted molar refractivity (Wildman–Crippen MR) is 48.0 cm³/mol. The van der Waals surface area contributed by atoms with Gasteiger partial charge in [-0.25, -0.2) is 0 Å². The molecule has 0 saturated carbocycles. The second-order valence-electron chi connectivity index (χ2n) is 2.44. The highest BCUT2D eigenvalue weighted by molar-refractivity contribution is 6.99. The Morgan fingerprint density at radius 3 is 2.77 bits per heavy atom. The first kappa shape index (κ1) is 8.21. The van der Waals surface area contributed by atoms with Crippen LogP contribution in [0, 0.1) is 0 Å². The van der Waals surface area contributed by atoms with Gasteiger partial charge >= 0.3 is 0 Å². The quantitative estimate of drug-likeness (QED) is 0.745. The second-order valence-corrected chi connectivity index (χ2v) is 3.00. The summed E-state index contributed by atoms with van der Waals surface area (Å²) in [6.07, 6.45) is 6.48. The van der Waals surface area contributed by atoms with Crippen LogP contribution in [0.3, 0.4) is 0 Å². The van der Waals surface area contributed by atoms with Crippen molar-refractivity contribution in [3.63, 3.8) is 0 Å². The van der Waals surface area contributed by atoms with Crippen LogP contribution in [0.1, 0.15) is 17.4 Å². The molecule has 2 heterocycles. The molecule has 13 heavy (non-hydrogen) atoms. The summed E-state index contributed by atoms with van der Waals surface area (Å²) in [6, 6.07) is -0.326. The van der Waals surface area contributed by atoms with Crippen LogP contribution in [0.5, 0.6) is 0 Å². The highest BCUT2D eigenvalue weighted by atomic mass is 32.1. The highest BCUT2D eigenvalue weighted by Gasteiger charge is 2.12. The molecule has 0 aromatic carbocycles. The molecule has 0 saturated heterocycles. The Balaban J connectivity index is 2.29. The lowest BCUT2D eigenvalue weighted by molar-refractivity contribution is 0.797. The predicted octanol–water partition coefficient (Wildman–Crippen LogP) is 0.376. The molecule has 2 rings (SSSR count). The Labute approximate surface area is 79.0 Å². The van der Waals surface area contributed by atoms with Crippen molar-refractivity contribution < 1.29 is 0 Å². The molecule has 2 N–H and O–H groups in total. The van der Waals surface area contributed by atoms with Crippen molar-refractivity contribution in [2.24, 2.45) is 5.73 Å². The molecule has 2 aromatic heterocycles. The molecule has 0 spiro atoms. The summed E-state index contributed by atoms with van der Waals surface area (Å²) >= 11 is 1.13. The summed E-state index contributed by atoms with van der Waals surface area (Å²) in [5, 5.41) is 0. The highest BCUT2D eigenvalue weighted by Crippen LogP contribution is 2.13. The molecular formula is C7H7N5S. The Hall–Kier alpha value is -1.40. The molecule has 5 nitrogen and oxygen atoms in total. The third-order valence-electron chi connectivity index (χ3n) is 1.60. The SMILES string of the molecule is NC(c1cnccn1)c1cnsn1. The number of rotatable bonds is 2. The van der Waals surface area contributed by atoms with Crippen LogP contribution >= 0.6 is 11.7 Å². The lowest BCUT2D eigenvalue weighted by Gasteiger charge is -2.05. The molecule has 0 fully saturated rings. The van der Waals surface area contributed by atoms with E-state index in [1.54, 1.807) is 24.8 Å². The van der Waals surface area contributed by atoms with Crippen LogP contribution in [0.4, 0.5) is 0 Å². The van der Waals surface area contributed by atoms with Crippen LogP contribution in [-0.4, -0.2) is 18.7 Å². The average molecular weight is 193 g/mol. The van der Waals surface area contributed by atoms with Gasteiger partial charge in [0.15, 0.2) is 0 Å². The van der Waals surface area contributed by atoms with E-state index in [9.17, 15) is 0 Å². The molecule has 0 radical (unpaired) electrons. The fourth-order valence-electron chi connectivity index (χ4n) is 0.932. The average Bonchev–Trinajstić information content (AvgIpc) is 2.71. The lowest BCUT2D eigenvalue weighted by Crippen LogP contribution is -2.13. The van der Waals surface area contributed by atoms with Crippen LogP contribution < -0.4 is 5.73 Å². The van der Waals surface area contributed by atoms with E-state index in [1.165, 1.54) is 0 Å². The van der Waals surface area contributed by atoms with Crippen molar-refractivity contribution in [2.75, 3.05) is 0 Å². The monoisotopic (exact) mass is 193 g/mol. The fraction of sp³-hybridized carbons (Fsp3) is 0.143. The standard InChI is InChI=1S/C7H7N5S/c8-7(6-4-11-13-12-6)5-3-9-1-2-10-5/h1-4,7H,8H2. The van der Waals surface area contributed by atoms with Crippen molar-refractivity contribution in [3.05, 3.63) is 36.2 Å². The summed E-state index contributed by atoms with van der Waals surface area (Å²) in [7, 11) is 0. The van der Waals surface area contributed by atoms with Gasteiger partial charge in [-0.3, -0.25) is 9.97 Å². The molecule has 1 unspecified atom stereocenters. The summed E-state index contributed by atoms with van der Waals surface area (Å²) in [4.78, 5) is 8.01. The molecular weight excluding hydrogens is 186 g/mol. The van der Waals surface area contributed by atoms with Crippen LogP contribution in [0.15, 0.2) is 24.8 Å². The van der Waals surface area contributed by atoms with Gasteiger partial charge in [0.1, 0.15) is 0 Å². The van der Waals surface area contributed by atoms with Gasteiger partial charge in [0.25, 0.3) is 0 Å². The maximum atomic E-state index is 5.86. The van der Waals surface area contributed by atoms with E-state index in [2.05, 4.69) is 18.7 Å². The van der Waals surface area contributed by atoms with E-state index < -0.39 is 0 Å². The normalized spacial score (nSPS) is 12.7.